The molecule has 0 spiro atoms. The number of nitrogens with zero attached hydrogens (tertiary/aromatic N) is 1. The topological polar surface area (TPSA) is 35.3 Å². The zero-order chi connectivity index (χ0) is 9.14. The lowest BCUT2D eigenvalue weighted by atomic mass is 10.1. The Hall–Kier alpha value is -0.990. The number of rotatable bonds is 3. The molecule has 1 heterocycles. The zero-order valence-corrected chi connectivity index (χ0v) is 8.05. The monoisotopic (exact) mass is 169 g/mol. The van der Waals surface area contributed by atoms with E-state index in [0.717, 1.165) is 12.1 Å². The highest BCUT2D eigenvalue weighted by molar-refractivity contribution is 5.19. The molecule has 3 heteroatoms. The van der Waals surface area contributed by atoms with Crippen LogP contribution >= 0.6 is 0 Å². The molecular formula is C9H15NO2. The van der Waals surface area contributed by atoms with Crippen molar-refractivity contribution in [2.75, 3.05) is 7.11 Å². The first kappa shape index (κ1) is 9.10. The van der Waals surface area contributed by atoms with Gasteiger partial charge >= 0.3 is 5.95 Å². The van der Waals surface area contributed by atoms with Gasteiger partial charge in [-0.1, -0.05) is 13.8 Å². The smallest absolute Gasteiger partial charge is 0.308 e. The highest BCUT2D eigenvalue weighted by Gasteiger charge is 2.16. The third kappa shape index (κ3) is 1.60. The first-order chi connectivity index (χ1) is 5.69. The largest absolute Gasteiger partial charge is 0.467 e. The van der Waals surface area contributed by atoms with E-state index in [4.69, 9.17) is 9.15 Å². The number of aryl methyl sites for hydroxylation is 1. The SMILES string of the molecule is CCC(C)c1nc(C)oc1OC. The molecule has 0 fully saturated rings. The Kier molecular flexibility index (Phi) is 2.74. The Labute approximate surface area is 72.7 Å². The van der Waals surface area contributed by atoms with Crippen molar-refractivity contribution in [1.82, 2.24) is 4.98 Å². The predicted molar refractivity (Wildman–Crippen MR) is 46.5 cm³/mol. The maximum Gasteiger partial charge on any atom is 0.308 e. The lowest BCUT2D eigenvalue weighted by Crippen LogP contribution is -1.94. The number of hydrogen-bond acceptors (Lipinski definition) is 3. The minimum absolute atomic E-state index is 0.400. The number of methoxy groups -OCH3 is 1. The van der Waals surface area contributed by atoms with Gasteiger partial charge in [0, 0.05) is 12.8 Å². The van der Waals surface area contributed by atoms with E-state index >= 15 is 0 Å². The molecule has 3 nitrogen and oxygen atoms in total. The summed E-state index contributed by atoms with van der Waals surface area (Å²) < 4.78 is 10.3. The highest BCUT2D eigenvalue weighted by atomic mass is 16.6. The Morgan fingerprint density at radius 1 is 1.58 bits per heavy atom. The molecule has 1 aromatic rings. The van der Waals surface area contributed by atoms with Crippen molar-refractivity contribution in [3.63, 3.8) is 0 Å². The van der Waals surface area contributed by atoms with Crippen LogP contribution < -0.4 is 4.74 Å². The van der Waals surface area contributed by atoms with E-state index in [9.17, 15) is 0 Å². The van der Waals surface area contributed by atoms with Crippen molar-refractivity contribution in [3.05, 3.63) is 11.6 Å². The molecule has 0 saturated heterocycles. The highest BCUT2D eigenvalue weighted by Crippen LogP contribution is 2.28. The van der Waals surface area contributed by atoms with E-state index in [1.54, 1.807) is 7.11 Å². The summed E-state index contributed by atoms with van der Waals surface area (Å²) >= 11 is 0. The van der Waals surface area contributed by atoms with E-state index in [-0.39, 0.29) is 0 Å². The van der Waals surface area contributed by atoms with E-state index in [1.165, 1.54) is 0 Å². The fourth-order valence-corrected chi connectivity index (χ4v) is 1.08. The second kappa shape index (κ2) is 3.61. The van der Waals surface area contributed by atoms with Gasteiger partial charge in [-0.3, -0.25) is 0 Å². The molecule has 68 valence electrons. The minimum atomic E-state index is 0.400. The maximum atomic E-state index is 5.25. The fourth-order valence-electron chi connectivity index (χ4n) is 1.08. The van der Waals surface area contributed by atoms with Gasteiger partial charge in [0.2, 0.25) is 0 Å². The molecule has 0 N–H and O–H groups in total. The summed E-state index contributed by atoms with van der Waals surface area (Å²) in [6.45, 7) is 6.06. The van der Waals surface area contributed by atoms with Crippen LogP contribution in [0.5, 0.6) is 5.95 Å². The van der Waals surface area contributed by atoms with Crippen LogP contribution in [0, 0.1) is 6.92 Å². The lowest BCUT2D eigenvalue weighted by molar-refractivity contribution is 0.292. The van der Waals surface area contributed by atoms with Crippen LogP contribution in [0.25, 0.3) is 0 Å². The van der Waals surface area contributed by atoms with Crippen molar-refractivity contribution in [2.24, 2.45) is 0 Å². The molecular weight excluding hydrogens is 154 g/mol. The summed E-state index contributed by atoms with van der Waals surface area (Å²) in [7, 11) is 1.60. The molecule has 0 bridgehead atoms. The number of hydrogen-bond donors (Lipinski definition) is 0. The van der Waals surface area contributed by atoms with Crippen LogP contribution in [0.1, 0.15) is 37.8 Å². The fraction of sp³-hybridized carbons (Fsp3) is 0.667. The Bertz CT molecular complexity index is 255. The van der Waals surface area contributed by atoms with Crippen LogP contribution in [0.15, 0.2) is 4.42 Å². The van der Waals surface area contributed by atoms with Crippen molar-refractivity contribution in [2.45, 2.75) is 33.1 Å². The molecule has 12 heavy (non-hydrogen) atoms. The van der Waals surface area contributed by atoms with E-state index in [1.807, 2.05) is 6.92 Å². The molecule has 1 aromatic heterocycles. The standard InChI is InChI=1S/C9H15NO2/c1-5-6(2)8-9(11-4)12-7(3)10-8/h6H,5H2,1-4H3. The van der Waals surface area contributed by atoms with Crippen molar-refractivity contribution < 1.29 is 9.15 Å². The number of ether oxygens (including phenoxy) is 1. The van der Waals surface area contributed by atoms with Crippen LogP contribution in [-0.4, -0.2) is 12.1 Å². The van der Waals surface area contributed by atoms with Gasteiger partial charge in [-0.25, -0.2) is 4.98 Å². The van der Waals surface area contributed by atoms with Gasteiger partial charge in [0.15, 0.2) is 5.89 Å². The zero-order valence-electron chi connectivity index (χ0n) is 8.05. The van der Waals surface area contributed by atoms with Gasteiger partial charge in [-0.2, -0.15) is 0 Å². The summed E-state index contributed by atoms with van der Waals surface area (Å²) in [5.41, 5.74) is 0.928. The number of aromatic nitrogens is 1. The van der Waals surface area contributed by atoms with Gasteiger partial charge in [-0.05, 0) is 6.42 Å². The first-order valence-corrected chi connectivity index (χ1v) is 4.20. The normalized spacial score (nSPS) is 13.0. The van der Waals surface area contributed by atoms with Gasteiger partial charge in [0.25, 0.3) is 0 Å². The van der Waals surface area contributed by atoms with E-state index < -0.39 is 0 Å². The van der Waals surface area contributed by atoms with Crippen LogP contribution in [0.3, 0.4) is 0 Å². The molecule has 0 saturated carbocycles. The summed E-state index contributed by atoms with van der Waals surface area (Å²) in [6, 6.07) is 0. The van der Waals surface area contributed by atoms with Gasteiger partial charge < -0.3 is 9.15 Å². The lowest BCUT2D eigenvalue weighted by Gasteiger charge is -2.04. The molecule has 1 atom stereocenters. The molecule has 1 unspecified atom stereocenters. The summed E-state index contributed by atoms with van der Waals surface area (Å²) in [4.78, 5) is 4.26. The van der Waals surface area contributed by atoms with Crippen LogP contribution in [0.2, 0.25) is 0 Å². The van der Waals surface area contributed by atoms with Crippen LogP contribution in [-0.2, 0) is 0 Å². The van der Waals surface area contributed by atoms with Crippen molar-refractivity contribution in [3.8, 4) is 5.95 Å². The predicted octanol–water partition coefficient (Wildman–Crippen LogP) is 2.51. The van der Waals surface area contributed by atoms with Gasteiger partial charge in [0.1, 0.15) is 5.69 Å². The Morgan fingerprint density at radius 3 is 2.75 bits per heavy atom. The van der Waals surface area contributed by atoms with E-state index in [2.05, 4.69) is 18.8 Å². The maximum absolute atomic E-state index is 5.25. The molecule has 1 rings (SSSR count). The molecule has 0 aromatic carbocycles. The molecule has 0 aliphatic heterocycles. The third-order valence-electron chi connectivity index (χ3n) is 1.99. The Morgan fingerprint density at radius 2 is 2.25 bits per heavy atom. The minimum Gasteiger partial charge on any atom is -0.467 e. The van der Waals surface area contributed by atoms with Crippen molar-refractivity contribution in [1.29, 1.82) is 0 Å². The average Bonchev–Trinajstić information content (AvgIpc) is 2.45. The van der Waals surface area contributed by atoms with Crippen LogP contribution in [0.4, 0.5) is 0 Å². The van der Waals surface area contributed by atoms with Gasteiger partial charge in [-0.15, -0.1) is 0 Å². The second-order valence-corrected chi connectivity index (χ2v) is 2.92. The molecule has 0 amide bonds. The van der Waals surface area contributed by atoms with Crippen molar-refractivity contribution >= 4 is 0 Å². The van der Waals surface area contributed by atoms with E-state index in [0.29, 0.717) is 17.8 Å². The number of oxazole rings is 1. The third-order valence-corrected chi connectivity index (χ3v) is 1.99. The average molecular weight is 169 g/mol. The summed E-state index contributed by atoms with van der Waals surface area (Å²) in [5, 5.41) is 0. The molecule has 0 radical (unpaired) electrons. The molecule has 0 aliphatic rings. The first-order valence-electron chi connectivity index (χ1n) is 4.20. The summed E-state index contributed by atoms with van der Waals surface area (Å²) in [5.74, 6) is 1.63. The Balaban J connectivity index is 2.96. The second-order valence-electron chi connectivity index (χ2n) is 2.92. The summed E-state index contributed by atoms with van der Waals surface area (Å²) in [6.07, 6.45) is 1.04. The quantitative estimate of drug-likeness (QED) is 0.697. The molecule has 0 aliphatic carbocycles. The van der Waals surface area contributed by atoms with Gasteiger partial charge in [0.05, 0.1) is 7.11 Å².